The molecular formula is C15H21N. The first-order valence-corrected chi connectivity index (χ1v) is 6.48. The summed E-state index contributed by atoms with van der Waals surface area (Å²) in [6, 6.07) is 7.20. The molecule has 1 aromatic carbocycles. The summed E-state index contributed by atoms with van der Waals surface area (Å²) >= 11 is 0. The average Bonchev–Trinajstić information content (AvgIpc) is 2.77. The van der Waals surface area contributed by atoms with Crippen LogP contribution in [0.25, 0.3) is 0 Å². The van der Waals surface area contributed by atoms with Gasteiger partial charge in [0.15, 0.2) is 0 Å². The molecular weight excluding hydrogens is 194 g/mol. The van der Waals surface area contributed by atoms with Crippen molar-refractivity contribution in [3.8, 4) is 0 Å². The van der Waals surface area contributed by atoms with E-state index < -0.39 is 0 Å². The average molecular weight is 215 g/mol. The molecule has 0 heterocycles. The van der Waals surface area contributed by atoms with E-state index in [9.17, 15) is 0 Å². The van der Waals surface area contributed by atoms with Crippen molar-refractivity contribution in [2.24, 2.45) is 11.1 Å². The van der Waals surface area contributed by atoms with Crippen molar-refractivity contribution in [3.05, 3.63) is 34.9 Å². The van der Waals surface area contributed by atoms with Crippen molar-refractivity contribution in [2.75, 3.05) is 0 Å². The highest BCUT2D eigenvalue weighted by atomic mass is 14.8. The molecule has 1 nitrogen and oxygen atoms in total. The lowest BCUT2D eigenvalue weighted by Crippen LogP contribution is -2.08. The highest BCUT2D eigenvalue weighted by molar-refractivity contribution is 5.45. The van der Waals surface area contributed by atoms with E-state index in [1.54, 1.807) is 16.7 Å². The van der Waals surface area contributed by atoms with Gasteiger partial charge in [0.1, 0.15) is 0 Å². The van der Waals surface area contributed by atoms with Crippen LogP contribution in [0, 0.1) is 5.41 Å². The molecule has 3 rings (SSSR count). The second-order valence-corrected chi connectivity index (χ2v) is 6.02. The van der Waals surface area contributed by atoms with E-state index >= 15 is 0 Å². The van der Waals surface area contributed by atoms with Crippen LogP contribution in [0.5, 0.6) is 0 Å². The lowest BCUT2D eigenvalue weighted by atomic mass is 9.85. The summed E-state index contributed by atoms with van der Waals surface area (Å²) in [7, 11) is 0. The lowest BCUT2D eigenvalue weighted by Gasteiger charge is -2.20. The Morgan fingerprint density at radius 1 is 1.19 bits per heavy atom. The number of benzene rings is 1. The van der Waals surface area contributed by atoms with Gasteiger partial charge in [-0.05, 0) is 47.8 Å². The highest BCUT2D eigenvalue weighted by Crippen LogP contribution is 2.58. The summed E-state index contributed by atoms with van der Waals surface area (Å²) in [5.74, 6) is 0.598. The Hall–Kier alpha value is -0.820. The number of aryl methyl sites for hydroxylation is 1. The molecule has 0 aromatic heterocycles. The second kappa shape index (κ2) is 3.33. The van der Waals surface area contributed by atoms with Crippen LogP contribution in [0.1, 0.15) is 49.3 Å². The van der Waals surface area contributed by atoms with Gasteiger partial charge in [-0.15, -0.1) is 0 Å². The van der Waals surface area contributed by atoms with E-state index in [0.717, 1.165) is 0 Å². The molecule has 0 spiro atoms. The van der Waals surface area contributed by atoms with E-state index in [4.69, 9.17) is 5.73 Å². The standard InChI is InChI=1S/C15H21N/c1-15(2)13(14(15)16)12-9-5-7-10-6-3-4-8-11(10)12/h5,7,9,13-14H,3-4,6,8,16H2,1-2H3/t13-,14-/m1/s1. The quantitative estimate of drug-likeness (QED) is 0.765. The summed E-state index contributed by atoms with van der Waals surface area (Å²) in [5.41, 5.74) is 11.3. The third-order valence-corrected chi connectivity index (χ3v) is 4.68. The van der Waals surface area contributed by atoms with Gasteiger partial charge in [-0.3, -0.25) is 0 Å². The van der Waals surface area contributed by atoms with Gasteiger partial charge in [-0.25, -0.2) is 0 Å². The van der Waals surface area contributed by atoms with Gasteiger partial charge in [-0.1, -0.05) is 32.0 Å². The summed E-state index contributed by atoms with van der Waals surface area (Å²) in [4.78, 5) is 0. The van der Waals surface area contributed by atoms with Crippen molar-refractivity contribution >= 4 is 0 Å². The molecule has 1 saturated carbocycles. The van der Waals surface area contributed by atoms with Gasteiger partial charge in [0, 0.05) is 12.0 Å². The Morgan fingerprint density at radius 2 is 1.88 bits per heavy atom. The highest BCUT2D eigenvalue weighted by Gasteiger charge is 2.56. The zero-order chi connectivity index (χ0) is 11.3. The summed E-state index contributed by atoms with van der Waals surface area (Å²) in [6.07, 6.45) is 5.25. The number of rotatable bonds is 1. The number of hydrogen-bond donors (Lipinski definition) is 1. The topological polar surface area (TPSA) is 26.0 Å². The molecule has 2 N–H and O–H groups in total. The Kier molecular flexibility index (Phi) is 2.16. The van der Waals surface area contributed by atoms with Crippen LogP contribution < -0.4 is 5.73 Å². The van der Waals surface area contributed by atoms with Crippen molar-refractivity contribution in [3.63, 3.8) is 0 Å². The smallest absolute Gasteiger partial charge is 0.0172 e. The fraction of sp³-hybridized carbons (Fsp3) is 0.600. The first-order chi connectivity index (χ1) is 7.62. The van der Waals surface area contributed by atoms with Crippen LogP contribution >= 0.6 is 0 Å². The Labute approximate surface area is 98.0 Å². The minimum atomic E-state index is 0.312. The molecule has 1 fully saturated rings. The van der Waals surface area contributed by atoms with Crippen molar-refractivity contribution in [1.29, 1.82) is 0 Å². The van der Waals surface area contributed by atoms with Gasteiger partial charge < -0.3 is 5.73 Å². The maximum absolute atomic E-state index is 6.21. The SMILES string of the molecule is CC1(C)[C@H](N)[C@H]1c1cccc2c1CCCC2. The number of nitrogens with two attached hydrogens (primary N) is 1. The van der Waals surface area contributed by atoms with Crippen molar-refractivity contribution < 1.29 is 0 Å². The van der Waals surface area contributed by atoms with E-state index in [0.29, 0.717) is 17.4 Å². The minimum Gasteiger partial charge on any atom is -0.327 e. The lowest BCUT2D eigenvalue weighted by molar-refractivity contribution is 0.594. The molecule has 0 aliphatic heterocycles. The van der Waals surface area contributed by atoms with Crippen LogP contribution in [-0.2, 0) is 12.8 Å². The molecule has 1 aromatic rings. The second-order valence-electron chi connectivity index (χ2n) is 6.02. The molecule has 1 heteroatoms. The number of fused-ring (bicyclic) bond motifs is 1. The molecule has 0 unspecified atom stereocenters. The molecule has 0 saturated heterocycles. The van der Waals surface area contributed by atoms with E-state index in [1.807, 2.05) is 0 Å². The van der Waals surface area contributed by atoms with Crippen molar-refractivity contribution in [1.82, 2.24) is 0 Å². The molecule has 2 aliphatic carbocycles. The molecule has 16 heavy (non-hydrogen) atoms. The maximum Gasteiger partial charge on any atom is 0.0172 e. The van der Waals surface area contributed by atoms with Gasteiger partial charge >= 0.3 is 0 Å². The summed E-state index contributed by atoms with van der Waals surface area (Å²) in [6.45, 7) is 4.59. The predicted molar refractivity (Wildman–Crippen MR) is 67.6 cm³/mol. The first kappa shape index (κ1) is 10.3. The molecule has 0 radical (unpaired) electrons. The molecule has 0 bridgehead atoms. The summed E-state index contributed by atoms with van der Waals surface area (Å²) < 4.78 is 0. The van der Waals surface area contributed by atoms with Crippen LogP contribution in [0.15, 0.2) is 18.2 Å². The third-order valence-electron chi connectivity index (χ3n) is 4.68. The zero-order valence-electron chi connectivity index (χ0n) is 10.3. The fourth-order valence-electron chi connectivity index (χ4n) is 3.37. The van der Waals surface area contributed by atoms with Crippen molar-refractivity contribution in [2.45, 2.75) is 51.5 Å². The normalized spacial score (nSPS) is 30.9. The summed E-state index contributed by atoms with van der Waals surface area (Å²) in [5, 5.41) is 0. The Bertz CT molecular complexity index is 419. The predicted octanol–water partition coefficient (Wildman–Crippen LogP) is 3.02. The van der Waals surface area contributed by atoms with E-state index in [1.165, 1.54) is 25.7 Å². The monoisotopic (exact) mass is 215 g/mol. The molecule has 0 amide bonds. The third kappa shape index (κ3) is 1.34. The molecule has 2 aliphatic rings. The van der Waals surface area contributed by atoms with Crippen LogP contribution in [0.3, 0.4) is 0 Å². The fourth-order valence-corrected chi connectivity index (χ4v) is 3.37. The molecule has 86 valence electrons. The first-order valence-electron chi connectivity index (χ1n) is 6.48. The van der Waals surface area contributed by atoms with Gasteiger partial charge in [0.05, 0.1) is 0 Å². The van der Waals surface area contributed by atoms with Crippen LogP contribution in [-0.4, -0.2) is 6.04 Å². The minimum absolute atomic E-state index is 0.312. The van der Waals surface area contributed by atoms with Gasteiger partial charge in [-0.2, -0.15) is 0 Å². The maximum atomic E-state index is 6.21. The largest absolute Gasteiger partial charge is 0.327 e. The van der Waals surface area contributed by atoms with E-state index in [-0.39, 0.29) is 0 Å². The number of hydrogen-bond acceptors (Lipinski definition) is 1. The van der Waals surface area contributed by atoms with Gasteiger partial charge in [0.25, 0.3) is 0 Å². The Morgan fingerprint density at radius 3 is 2.56 bits per heavy atom. The zero-order valence-corrected chi connectivity index (χ0v) is 10.3. The Balaban J connectivity index is 2.03. The van der Waals surface area contributed by atoms with Crippen LogP contribution in [0.2, 0.25) is 0 Å². The van der Waals surface area contributed by atoms with Gasteiger partial charge in [0.2, 0.25) is 0 Å². The molecule has 2 atom stereocenters. The van der Waals surface area contributed by atoms with E-state index in [2.05, 4.69) is 32.0 Å². The van der Waals surface area contributed by atoms with Crippen LogP contribution in [0.4, 0.5) is 0 Å².